The average molecular weight is 209 g/mol. The molecule has 0 fully saturated rings. The van der Waals surface area contributed by atoms with Gasteiger partial charge in [0.1, 0.15) is 0 Å². The van der Waals surface area contributed by atoms with Gasteiger partial charge in [-0.25, -0.2) is 0 Å². The van der Waals surface area contributed by atoms with Crippen LogP contribution in [0.1, 0.15) is 18.1 Å². The predicted molar refractivity (Wildman–Crippen MR) is 62.1 cm³/mol. The van der Waals surface area contributed by atoms with Crippen LogP contribution in [-0.2, 0) is 6.54 Å². The predicted octanol–water partition coefficient (Wildman–Crippen LogP) is 1.37. The van der Waals surface area contributed by atoms with E-state index in [-0.39, 0.29) is 0 Å². The molecule has 1 rings (SSSR count). The summed E-state index contributed by atoms with van der Waals surface area (Å²) in [6, 6.07) is 1.99. The summed E-state index contributed by atoms with van der Waals surface area (Å²) in [7, 11) is 0. The maximum Gasteiger partial charge on any atom is 0.166 e. The fraction of sp³-hybridized carbons (Fsp3) is 0.400. The van der Waals surface area contributed by atoms with Crippen molar-refractivity contribution in [1.82, 2.24) is 15.6 Å². The molecule has 0 saturated heterocycles. The smallest absolute Gasteiger partial charge is 0.166 e. The Balaban J connectivity index is 2.46. The van der Waals surface area contributed by atoms with Crippen molar-refractivity contribution in [2.45, 2.75) is 20.4 Å². The van der Waals surface area contributed by atoms with Gasteiger partial charge < -0.3 is 10.6 Å². The highest BCUT2D eigenvalue weighted by molar-refractivity contribution is 7.80. The van der Waals surface area contributed by atoms with Crippen LogP contribution >= 0.6 is 12.2 Å². The van der Waals surface area contributed by atoms with E-state index in [0.29, 0.717) is 5.11 Å². The zero-order valence-electron chi connectivity index (χ0n) is 8.50. The molecule has 1 aromatic heterocycles. The second kappa shape index (κ2) is 5.54. The number of aryl methyl sites for hydroxylation is 1. The van der Waals surface area contributed by atoms with Crippen LogP contribution in [0.4, 0.5) is 0 Å². The Morgan fingerprint density at radius 1 is 1.50 bits per heavy atom. The van der Waals surface area contributed by atoms with Crippen LogP contribution in [-0.4, -0.2) is 16.6 Å². The van der Waals surface area contributed by atoms with Gasteiger partial charge in [0.15, 0.2) is 5.11 Å². The average Bonchev–Trinajstić information content (AvgIpc) is 2.17. The third-order valence-electron chi connectivity index (χ3n) is 1.92. The normalized spacial score (nSPS) is 9.57. The first-order chi connectivity index (χ1) is 6.74. The number of hydrogen-bond donors (Lipinski definition) is 2. The lowest BCUT2D eigenvalue weighted by molar-refractivity contribution is 0.845. The highest BCUT2D eigenvalue weighted by atomic mass is 32.1. The van der Waals surface area contributed by atoms with Crippen LogP contribution < -0.4 is 10.6 Å². The number of thiocarbonyl (C=S) groups is 1. The standard InChI is InChI=1S/C10H15N3S/c1-3-12-10(14)13-7-9-6-11-5-4-8(9)2/h4-6H,3,7H2,1-2H3,(H2,12,13,14). The lowest BCUT2D eigenvalue weighted by Gasteiger charge is -2.09. The van der Waals surface area contributed by atoms with Gasteiger partial charge in [0.05, 0.1) is 0 Å². The molecule has 0 unspecified atom stereocenters. The minimum atomic E-state index is 0.691. The van der Waals surface area contributed by atoms with E-state index in [4.69, 9.17) is 12.2 Å². The second-order valence-corrected chi connectivity index (χ2v) is 3.42. The molecule has 0 amide bonds. The van der Waals surface area contributed by atoms with Crippen molar-refractivity contribution in [3.8, 4) is 0 Å². The summed E-state index contributed by atoms with van der Waals surface area (Å²) in [5, 5.41) is 6.85. The van der Waals surface area contributed by atoms with E-state index in [2.05, 4.69) is 22.5 Å². The number of nitrogens with zero attached hydrogens (tertiary/aromatic N) is 1. The SMILES string of the molecule is CCNC(=S)NCc1cnccc1C. The summed E-state index contributed by atoms with van der Waals surface area (Å²) >= 11 is 5.05. The Labute approximate surface area is 89.9 Å². The Morgan fingerprint density at radius 2 is 2.29 bits per heavy atom. The molecule has 1 heterocycles. The van der Waals surface area contributed by atoms with Crippen LogP contribution in [0.5, 0.6) is 0 Å². The van der Waals surface area contributed by atoms with Crippen molar-refractivity contribution >= 4 is 17.3 Å². The van der Waals surface area contributed by atoms with Crippen molar-refractivity contribution in [3.63, 3.8) is 0 Å². The number of rotatable bonds is 3. The lowest BCUT2D eigenvalue weighted by Crippen LogP contribution is -2.34. The molecule has 3 nitrogen and oxygen atoms in total. The number of pyridine rings is 1. The Hall–Kier alpha value is -1.16. The molecule has 0 radical (unpaired) electrons. The Kier molecular flexibility index (Phi) is 4.32. The van der Waals surface area contributed by atoms with Gasteiger partial charge in [0.2, 0.25) is 0 Å². The Morgan fingerprint density at radius 3 is 2.93 bits per heavy atom. The largest absolute Gasteiger partial charge is 0.363 e. The van der Waals surface area contributed by atoms with Crippen LogP contribution in [0.25, 0.3) is 0 Å². The first-order valence-corrected chi connectivity index (χ1v) is 5.06. The van der Waals surface area contributed by atoms with Gasteiger partial charge in [-0.05, 0) is 43.3 Å². The molecule has 4 heteroatoms. The van der Waals surface area contributed by atoms with Crippen molar-refractivity contribution in [1.29, 1.82) is 0 Å². The fourth-order valence-electron chi connectivity index (χ4n) is 1.08. The van der Waals surface area contributed by atoms with Gasteiger partial charge in [0, 0.05) is 25.5 Å². The summed E-state index contributed by atoms with van der Waals surface area (Å²) in [5.74, 6) is 0. The van der Waals surface area contributed by atoms with Gasteiger partial charge in [0.25, 0.3) is 0 Å². The van der Waals surface area contributed by atoms with Crippen molar-refractivity contribution in [3.05, 3.63) is 29.6 Å². The molecule has 0 aromatic carbocycles. The van der Waals surface area contributed by atoms with E-state index in [1.807, 2.05) is 19.2 Å². The fourth-order valence-corrected chi connectivity index (χ4v) is 1.30. The third-order valence-corrected chi connectivity index (χ3v) is 2.21. The van der Waals surface area contributed by atoms with Gasteiger partial charge in [-0.3, -0.25) is 4.98 Å². The van der Waals surface area contributed by atoms with E-state index in [1.54, 1.807) is 6.20 Å². The third kappa shape index (κ3) is 3.30. The van der Waals surface area contributed by atoms with Crippen molar-refractivity contribution in [2.24, 2.45) is 0 Å². The van der Waals surface area contributed by atoms with E-state index in [9.17, 15) is 0 Å². The molecule has 1 aromatic rings. The quantitative estimate of drug-likeness (QED) is 0.737. The topological polar surface area (TPSA) is 37.0 Å². The van der Waals surface area contributed by atoms with Gasteiger partial charge in [-0.1, -0.05) is 0 Å². The molecule has 14 heavy (non-hydrogen) atoms. The summed E-state index contributed by atoms with van der Waals surface area (Å²) in [6.07, 6.45) is 3.65. The highest BCUT2D eigenvalue weighted by Crippen LogP contribution is 2.03. The molecule has 0 aliphatic heterocycles. The maximum absolute atomic E-state index is 5.05. The van der Waals surface area contributed by atoms with E-state index in [0.717, 1.165) is 13.1 Å². The molecular weight excluding hydrogens is 194 g/mol. The first-order valence-electron chi connectivity index (χ1n) is 4.65. The lowest BCUT2D eigenvalue weighted by atomic mass is 10.2. The minimum Gasteiger partial charge on any atom is -0.363 e. The van der Waals surface area contributed by atoms with Crippen LogP contribution in [0.2, 0.25) is 0 Å². The van der Waals surface area contributed by atoms with E-state index in [1.165, 1.54) is 11.1 Å². The maximum atomic E-state index is 5.05. The molecule has 76 valence electrons. The number of hydrogen-bond acceptors (Lipinski definition) is 2. The first kappa shape index (κ1) is 10.9. The molecule has 0 aliphatic carbocycles. The second-order valence-electron chi connectivity index (χ2n) is 3.02. The van der Waals surface area contributed by atoms with Crippen molar-refractivity contribution in [2.75, 3.05) is 6.54 Å². The Bertz CT molecular complexity index is 312. The summed E-state index contributed by atoms with van der Waals surface area (Å²) in [4.78, 5) is 4.07. The van der Waals surface area contributed by atoms with Crippen LogP contribution in [0.15, 0.2) is 18.5 Å². The van der Waals surface area contributed by atoms with Crippen molar-refractivity contribution < 1.29 is 0 Å². The molecule has 0 bridgehead atoms. The van der Waals surface area contributed by atoms with Crippen LogP contribution in [0.3, 0.4) is 0 Å². The summed E-state index contributed by atoms with van der Waals surface area (Å²) in [6.45, 7) is 5.65. The molecule has 0 saturated carbocycles. The molecule has 0 aliphatic rings. The highest BCUT2D eigenvalue weighted by Gasteiger charge is 1.98. The molecule has 0 spiro atoms. The molecule has 2 N–H and O–H groups in total. The zero-order valence-corrected chi connectivity index (χ0v) is 9.32. The van der Waals surface area contributed by atoms with Gasteiger partial charge in [-0.15, -0.1) is 0 Å². The molecule has 0 atom stereocenters. The van der Waals surface area contributed by atoms with Gasteiger partial charge in [-0.2, -0.15) is 0 Å². The summed E-state index contributed by atoms with van der Waals surface area (Å²) in [5.41, 5.74) is 2.40. The van der Waals surface area contributed by atoms with Gasteiger partial charge >= 0.3 is 0 Å². The number of aromatic nitrogens is 1. The van der Waals surface area contributed by atoms with E-state index >= 15 is 0 Å². The monoisotopic (exact) mass is 209 g/mol. The minimum absolute atomic E-state index is 0.691. The van der Waals surface area contributed by atoms with E-state index < -0.39 is 0 Å². The molecular formula is C10H15N3S. The summed E-state index contributed by atoms with van der Waals surface area (Å²) < 4.78 is 0. The zero-order chi connectivity index (χ0) is 10.4. The number of nitrogens with one attached hydrogen (secondary N) is 2. The van der Waals surface area contributed by atoms with Crippen LogP contribution in [0, 0.1) is 6.92 Å².